The van der Waals surface area contributed by atoms with Gasteiger partial charge < -0.3 is 14.9 Å². The minimum atomic E-state index is -4.65. The van der Waals surface area contributed by atoms with Crippen LogP contribution < -0.4 is 5.32 Å². The van der Waals surface area contributed by atoms with Crippen molar-refractivity contribution < 1.29 is 32.4 Å². The number of carbonyl (C=O) groups excluding carboxylic acids is 1. The van der Waals surface area contributed by atoms with E-state index in [1.165, 1.54) is 17.7 Å². The largest absolute Gasteiger partial charge is 0.480 e. The number of rotatable bonds is 12. The maximum Gasteiger partial charge on any atom is 0.416 e. The number of benzene rings is 5. The number of carboxylic acids is 1. The number of halogens is 4. The molecule has 5 aromatic carbocycles. The Kier molecular flexibility index (Phi) is 10.8. The summed E-state index contributed by atoms with van der Waals surface area (Å²) in [7, 11) is 0. The van der Waals surface area contributed by atoms with Crippen molar-refractivity contribution in [2.45, 2.75) is 32.6 Å². The molecule has 6 aromatic rings. The highest BCUT2D eigenvalue weighted by Gasteiger charge is 2.34. The molecule has 0 fully saturated rings. The van der Waals surface area contributed by atoms with E-state index in [2.05, 4.69) is 46.6 Å². The number of carboxylic acid groups (broad SMARTS) is 1. The molecule has 0 unspecified atom stereocenters. The van der Waals surface area contributed by atoms with Crippen LogP contribution in [0, 0.1) is 6.92 Å². The molecule has 0 saturated carbocycles. The number of aromatic nitrogens is 2. The van der Waals surface area contributed by atoms with Gasteiger partial charge in [0.05, 0.1) is 18.5 Å². The molecule has 52 heavy (non-hydrogen) atoms. The first-order chi connectivity index (χ1) is 24.9. The van der Waals surface area contributed by atoms with E-state index >= 15 is 0 Å². The van der Waals surface area contributed by atoms with E-state index in [4.69, 9.17) is 16.1 Å². The van der Waals surface area contributed by atoms with Crippen LogP contribution in [0.25, 0.3) is 34.0 Å². The van der Waals surface area contributed by atoms with Crippen LogP contribution in [0.4, 0.5) is 18.9 Å². The van der Waals surface area contributed by atoms with Crippen molar-refractivity contribution in [3.63, 3.8) is 0 Å². The van der Waals surface area contributed by atoms with Gasteiger partial charge in [0.1, 0.15) is 0 Å². The third-order valence-corrected chi connectivity index (χ3v) is 8.53. The molecule has 12 heteroatoms. The van der Waals surface area contributed by atoms with Crippen LogP contribution >= 0.6 is 11.6 Å². The molecule has 8 nitrogen and oxygen atoms in total. The lowest BCUT2D eigenvalue weighted by molar-refractivity contribution is -0.139. The molecule has 0 atom stereocenters. The minimum Gasteiger partial charge on any atom is -0.480 e. The first kappa shape index (κ1) is 36.0. The van der Waals surface area contributed by atoms with Gasteiger partial charge in [-0.2, -0.15) is 18.2 Å². The van der Waals surface area contributed by atoms with Crippen molar-refractivity contribution in [3.8, 4) is 34.0 Å². The predicted octanol–water partition coefficient (Wildman–Crippen LogP) is 9.32. The molecule has 6 rings (SSSR count). The summed E-state index contributed by atoms with van der Waals surface area (Å²) in [5.41, 5.74) is 5.81. The average Bonchev–Trinajstić information content (AvgIpc) is 3.60. The topological polar surface area (TPSA) is 109 Å². The maximum atomic E-state index is 13.4. The van der Waals surface area contributed by atoms with Gasteiger partial charge in [-0.05, 0) is 71.1 Å². The molecule has 0 saturated heterocycles. The number of alkyl halides is 3. The smallest absolute Gasteiger partial charge is 0.416 e. The summed E-state index contributed by atoms with van der Waals surface area (Å²) in [5, 5.41) is 16.3. The number of hydrogen-bond acceptors (Lipinski definition) is 6. The van der Waals surface area contributed by atoms with Crippen molar-refractivity contribution in [1.29, 1.82) is 0 Å². The zero-order valence-corrected chi connectivity index (χ0v) is 28.6. The SMILES string of the molecule is Cc1ccc(-c2ccc(-c3nc(-c4ccc(CN(CC(=O)O)Cc5ccc(NC(=O)Cc6ccc(Cl)cc6C(F)(F)F)cc5)cc4)no3)cc2)cc1. The number of aliphatic carboxylic acids is 1. The Morgan fingerprint density at radius 1 is 0.788 bits per heavy atom. The monoisotopic (exact) mass is 724 g/mol. The summed E-state index contributed by atoms with van der Waals surface area (Å²) in [5.74, 6) is -0.800. The normalized spacial score (nSPS) is 11.5. The molecule has 0 aliphatic heterocycles. The van der Waals surface area contributed by atoms with Gasteiger partial charge in [0.15, 0.2) is 0 Å². The number of nitrogens with one attached hydrogen (secondary N) is 1. The number of carbonyl (C=O) groups is 2. The highest BCUT2D eigenvalue weighted by atomic mass is 35.5. The number of aryl methyl sites for hydroxylation is 1. The van der Waals surface area contributed by atoms with E-state index in [1.807, 2.05) is 48.5 Å². The Labute approximate surface area is 302 Å². The maximum absolute atomic E-state index is 13.4. The summed E-state index contributed by atoms with van der Waals surface area (Å²) in [4.78, 5) is 30.6. The lowest BCUT2D eigenvalue weighted by Gasteiger charge is -2.21. The molecule has 0 aliphatic carbocycles. The highest BCUT2D eigenvalue weighted by molar-refractivity contribution is 6.30. The van der Waals surface area contributed by atoms with Crippen LogP contribution in [0.3, 0.4) is 0 Å². The van der Waals surface area contributed by atoms with Gasteiger partial charge in [0.25, 0.3) is 5.89 Å². The second kappa shape index (κ2) is 15.6. The predicted molar refractivity (Wildman–Crippen MR) is 192 cm³/mol. The fraction of sp³-hybridized carbons (Fsp3) is 0.150. The van der Waals surface area contributed by atoms with Crippen LogP contribution in [-0.2, 0) is 35.3 Å². The van der Waals surface area contributed by atoms with E-state index < -0.39 is 30.0 Å². The van der Waals surface area contributed by atoms with E-state index in [1.54, 1.807) is 29.2 Å². The van der Waals surface area contributed by atoms with Crippen LogP contribution in [0.1, 0.15) is 27.8 Å². The molecular weight excluding hydrogens is 693 g/mol. The van der Waals surface area contributed by atoms with Gasteiger partial charge >= 0.3 is 12.1 Å². The third kappa shape index (κ3) is 9.30. The molecule has 1 aromatic heterocycles. The highest BCUT2D eigenvalue weighted by Crippen LogP contribution is 2.34. The van der Waals surface area contributed by atoms with Gasteiger partial charge in [-0.25, -0.2) is 0 Å². The molecule has 264 valence electrons. The Morgan fingerprint density at radius 3 is 1.94 bits per heavy atom. The van der Waals surface area contributed by atoms with Gasteiger partial charge in [-0.1, -0.05) is 101 Å². The standard InChI is InChI=1S/C40H32ClF3N4O4/c1-25-2-8-28(9-3-25)29-12-14-31(15-13-29)39-46-38(47-52-39)30-10-4-26(5-11-30)22-48(24-37(50)51)23-27-6-18-34(19-7-27)45-36(49)20-32-16-17-33(41)21-35(32)40(42,43)44/h2-19,21H,20,22-24H2,1H3,(H,45,49)(H,50,51). The lowest BCUT2D eigenvalue weighted by atomic mass is 10.0. The summed E-state index contributed by atoms with van der Waals surface area (Å²) < 4.78 is 45.8. The summed E-state index contributed by atoms with van der Waals surface area (Å²) >= 11 is 5.74. The Morgan fingerprint density at radius 2 is 1.35 bits per heavy atom. The van der Waals surface area contributed by atoms with Crippen LogP contribution in [0.5, 0.6) is 0 Å². The number of amides is 1. The van der Waals surface area contributed by atoms with Crippen molar-refractivity contribution in [2.24, 2.45) is 0 Å². The summed E-state index contributed by atoms with van der Waals surface area (Å²) in [6, 6.07) is 33.6. The Bertz CT molecular complexity index is 2170. The van der Waals surface area contributed by atoms with E-state index in [0.29, 0.717) is 30.5 Å². The van der Waals surface area contributed by atoms with Crippen LogP contribution in [0.15, 0.2) is 120 Å². The van der Waals surface area contributed by atoms with E-state index in [9.17, 15) is 27.9 Å². The molecule has 1 heterocycles. The molecule has 0 aliphatic rings. The van der Waals surface area contributed by atoms with Crippen LogP contribution in [-0.4, -0.2) is 38.6 Å². The van der Waals surface area contributed by atoms with Crippen LogP contribution in [0.2, 0.25) is 5.02 Å². The van der Waals surface area contributed by atoms with Gasteiger partial charge in [0.2, 0.25) is 11.7 Å². The molecule has 0 spiro atoms. The zero-order valence-electron chi connectivity index (χ0n) is 27.8. The second-order valence-electron chi connectivity index (χ2n) is 12.3. The third-order valence-electron chi connectivity index (χ3n) is 8.29. The van der Waals surface area contributed by atoms with Gasteiger partial charge in [-0.15, -0.1) is 0 Å². The first-order valence-corrected chi connectivity index (χ1v) is 16.6. The second-order valence-corrected chi connectivity index (χ2v) is 12.8. The quantitative estimate of drug-likeness (QED) is 0.130. The van der Waals surface area contributed by atoms with E-state index in [-0.39, 0.29) is 17.1 Å². The minimum absolute atomic E-state index is 0.0733. The molecular formula is C40H32ClF3N4O4. The lowest BCUT2D eigenvalue weighted by Crippen LogP contribution is -2.29. The van der Waals surface area contributed by atoms with Crippen molar-refractivity contribution in [3.05, 3.63) is 148 Å². The van der Waals surface area contributed by atoms with Gasteiger partial charge in [-0.3, -0.25) is 14.5 Å². The number of nitrogens with zero attached hydrogens (tertiary/aromatic N) is 3. The molecule has 2 N–H and O–H groups in total. The van der Waals surface area contributed by atoms with E-state index in [0.717, 1.165) is 39.4 Å². The average molecular weight is 725 g/mol. The van der Waals surface area contributed by atoms with Gasteiger partial charge in [0, 0.05) is 34.9 Å². The number of hydrogen-bond donors (Lipinski definition) is 2. The first-order valence-electron chi connectivity index (χ1n) is 16.2. The Hall–Kier alpha value is -5.78. The summed E-state index contributed by atoms with van der Waals surface area (Å²) in [6.45, 7) is 2.45. The molecule has 0 radical (unpaired) electrons. The fourth-order valence-electron chi connectivity index (χ4n) is 5.68. The molecule has 1 amide bonds. The van der Waals surface area contributed by atoms with Crippen molar-refractivity contribution >= 4 is 29.2 Å². The Balaban J connectivity index is 1.06. The molecule has 0 bridgehead atoms. The zero-order chi connectivity index (χ0) is 36.8. The fourth-order valence-corrected chi connectivity index (χ4v) is 5.85. The number of anilines is 1. The van der Waals surface area contributed by atoms with Crippen molar-refractivity contribution in [1.82, 2.24) is 15.0 Å². The van der Waals surface area contributed by atoms with Crippen molar-refractivity contribution in [2.75, 3.05) is 11.9 Å². The summed E-state index contributed by atoms with van der Waals surface area (Å²) in [6.07, 6.45) is -5.14.